The standard InChI is InChI=1S/C31H36F3N5O3S.CH4/c1-29(2)19-21-5-3-4-17-41-22-6-8-23(9-7-22)43-37-28(40)24-10-11-25(35-27(24)38(29)20-21)39-16-12-26(36-39)42-18-15-30(13-14-30)31(32,33)34;/h6-12,16,21H,3-5,13-15,17-20H2,1-2H3,(H,37,40);1H4. The SMILES string of the molecule is C.CC1(C)CC2CCCCOc3ccc(cc3)SNC(=O)c3ccc(-n4ccc(OCCC5(C(F)(F)F)CC5)n4)nc3N1C2. The number of fused-ring (bicyclic) bond motifs is 8. The smallest absolute Gasteiger partial charge is 0.394 e. The van der Waals surface area contributed by atoms with Crippen LogP contribution in [0.5, 0.6) is 11.6 Å². The normalized spacial score (nSPS) is 21.0. The number of nitrogens with one attached hydrogen (secondary N) is 1. The van der Waals surface area contributed by atoms with Crippen molar-refractivity contribution in [1.82, 2.24) is 19.5 Å². The number of hydrogen-bond acceptors (Lipinski definition) is 7. The van der Waals surface area contributed by atoms with Gasteiger partial charge in [-0.25, -0.2) is 9.67 Å². The number of rotatable bonds is 5. The Kier molecular flexibility index (Phi) is 9.11. The van der Waals surface area contributed by atoms with Crippen LogP contribution in [-0.4, -0.2) is 52.1 Å². The zero-order chi connectivity index (χ0) is 30.2. The molecule has 5 heterocycles. The Morgan fingerprint density at radius 2 is 1.89 bits per heavy atom. The summed E-state index contributed by atoms with van der Waals surface area (Å²) in [6.07, 6.45) is 1.69. The molecule has 1 aliphatic carbocycles. The van der Waals surface area contributed by atoms with Crippen LogP contribution in [0.2, 0.25) is 0 Å². The molecule has 3 aliphatic heterocycles. The van der Waals surface area contributed by atoms with Crippen molar-refractivity contribution in [2.75, 3.05) is 24.7 Å². The van der Waals surface area contributed by atoms with Crippen LogP contribution < -0.4 is 19.1 Å². The predicted molar refractivity (Wildman–Crippen MR) is 165 cm³/mol. The van der Waals surface area contributed by atoms with E-state index >= 15 is 0 Å². The first kappa shape index (κ1) is 32.0. The topological polar surface area (TPSA) is 81.5 Å². The van der Waals surface area contributed by atoms with Gasteiger partial charge < -0.3 is 14.4 Å². The second kappa shape index (κ2) is 12.5. The third-order valence-electron chi connectivity index (χ3n) is 8.77. The van der Waals surface area contributed by atoms with Crippen LogP contribution in [0.3, 0.4) is 0 Å². The molecule has 1 saturated heterocycles. The Labute approximate surface area is 260 Å². The van der Waals surface area contributed by atoms with E-state index in [1.165, 1.54) is 16.6 Å². The Hall–Kier alpha value is -3.41. The number of anilines is 1. The van der Waals surface area contributed by atoms with E-state index in [1.54, 1.807) is 24.4 Å². The summed E-state index contributed by atoms with van der Waals surface area (Å²) < 4.78 is 55.8. The minimum Gasteiger partial charge on any atom is -0.494 e. The first-order chi connectivity index (χ1) is 20.5. The van der Waals surface area contributed by atoms with Crippen molar-refractivity contribution in [3.63, 3.8) is 0 Å². The van der Waals surface area contributed by atoms with Crippen LogP contribution in [-0.2, 0) is 0 Å². The molecule has 4 aliphatic rings. The number of hydrogen-bond donors (Lipinski definition) is 1. The highest BCUT2D eigenvalue weighted by Gasteiger charge is 2.62. The van der Waals surface area contributed by atoms with E-state index in [1.807, 2.05) is 24.3 Å². The van der Waals surface area contributed by atoms with E-state index in [0.717, 1.165) is 42.9 Å². The maximum atomic E-state index is 13.5. The lowest BCUT2D eigenvalue weighted by atomic mass is 9.93. The van der Waals surface area contributed by atoms with Gasteiger partial charge in [0.2, 0.25) is 5.88 Å². The molecule has 2 fully saturated rings. The molecule has 1 saturated carbocycles. The number of amides is 1. The highest BCUT2D eigenvalue weighted by atomic mass is 32.2. The molecule has 1 aromatic carbocycles. The molecule has 1 unspecified atom stereocenters. The van der Waals surface area contributed by atoms with Crippen molar-refractivity contribution >= 4 is 23.7 Å². The van der Waals surface area contributed by atoms with Gasteiger partial charge in [0.25, 0.3) is 5.91 Å². The van der Waals surface area contributed by atoms with Gasteiger partial charge in [-0.1, -0.05) is 7.43 Å². The van der Waals surface area contributed by atoms with Gasteiger partial charge in [0.05, 0.1) is 24.2 Å². The monoisotopic (exact) mass is 631 g/mol. The highest BCUT2D eigenvalue weighted by molar-refractivity contribution is 7.98. The van der Waals surface area contributed by atoms with Crippen LogP contribution >= 0.6 is 11.9 Å². The fraction of sp³-hybridized carbons (Fsp3) is 0.531. The minimum atomic E-state index is -4.21. The lowest BCUT2D eigenvalue weighted by Gasteiger charge is -2.34. The number of nitrogens with zero attached hydrogens (tertiary/aromatic N) is 4. The van der Waals surface area contributed by atoms with Crippen LogP contribution in [0, 0.1) is 11.3 Å². The van der Waals surface area contributed by atoms with Gasteiger partial charge in [-0.3, -0.25) is 9.52 Å². The third kappa shape index (κ3) is 6.79. The third-order valence-corrected chi connectivity index (χ3v) is 9.56. The fourth-order valence-corrected chi connectivity index (χ4v) is 6.67. The van der Waals surface area contributed by atoms with Crippen molar-refractivity contribution < 1.29 is 27.4 Å². The van der Waals surface area contributed by atoms with Gasteiger partial charge in [-0.2, -0.15) is 13.2 Å². The van der Waals surface area contributed by atoms with Crippen molar-refractivity contribution in [3.8, 4) is 17.4 Å². The lowest BCUT2D eigenvalue weighted by Crippen LogP contribution is -2.40. The molecular weight excluding hydrogens is 591 g/mol. The van der Waals surface area contributed by atoms with Gasteiger partial charge in [-0.15, -0.1) is 5.10 Å². The van der Waals surface area contributed by atoms with Crippen LogP contribution in [0.4, 0.5) is 19.0 Å². The van der Waals surface area contributed by atoms with E-state index in [2.05, 4.69) is 28.6 Å². The Morgan fingerprint density at radius 3 is 2.61 bits per heavy atom. The number of carbonyl (C=O) groups excluding carboxylic acids is 1. The van der Waals surface area contributed by atoms with E-state index < -0.39 is 11.6 Å². The molecule has 8 nitrogen and oxygen atoms in total. The summed E-state index contributed by atoms with van der Waals surface area (Å²) in [7, 11) is 0. The number of aromatic nitrogens is 3. The summed E-state index contributed by atoms with van der Waals surface area (Å²) in [4.78, 5) is 21.6. The molecule has 0 spiro atoms. The molecule has 44 heavy (non-hydrogen) atoms. The second-order valence-electron chi connectivity index (χ2n) is 12.4. The van der Waals surface area contributed by atoms with Crippen LogP contribution in [0.15, 0.2) is 53.6 Å². The zero-order valence-corrected chi connectivity index (χ0v) is 25.1. The molecule has 7 rings (SSSR count). The second-order valence-corrected chi connectivity index (χ2v) is 13.2. The molecule has 4 bridgehead atoms. The summed E-state index contributed by atoms with van der Waals surface area (Å²) in [5, 5.41) is 4.42. The predicted octanol–water partition coefficient (Wildman–Crippen LogP) is 7.62. The molecule has 2 aromatic heterocycles. The van der Waals surface area contributed by atoms with Crippen molar-refractivity contribution in [2.45, 2.75) is 82.8 Å². The number of alkyl halides is 3. The Bertz CT molecular complexity index is 1460. The van der Waals surface area contributed by atoms with Gasteiger partial charge in [0.1, 0.15) is 11.6 Å². The average Bonchev–Trinajstić information content (AvgIpc) is 3.52. The molecular formula is C32H40F3N5O3S. The first-order valence-electron chi connectivity index (χ1n) is 14.8. The molecule has 12 heteroatoms. The van der Waals surface area contributed by atoms with E-state index in [0.29, 0.717) is 29.7 Å². The van der Waals surface area contributed by atoms with Crippen molar-refractivity contribution in [2.24, 2.45) is 11.3 Å². The molecule has 0 radical (unpaired) electrons. The number of pyridine rings is 1. The number of carbonyl (C=O) groups is 1. The fourth-order valence-electron chi connectivity index (χ4n) is 6.08. The molecule has 3 aromatic rings. The summed E-state index contributed by atoms with van der Waals surface area (Å²) in [6.45, 7) is 5.71. The van der Waals surface area contributed by atoms with Crippen molar-refractivity contribution in [3.05, 3.63) is 54.2 Å². The van der Waals surface area contributed by atoms with Gasteiger partial charge in [0.15, 0.2) is 5.82 Å². The number of benzene rings is 1. The molecule has 1 amide bonds. The van der Waals surface area contributed by atoms with E-state index in [9.17, 15) is 18.0 Å². The van der Waals surface area contributed by atoms with E-state index in [4.69, 9.17) is 14.5 Å². The number of ether oxygens (including phenoxy) is 2. The maximum absolute atomic E-state index is 13.5. The molecule has 238 valence electrons. The van der Waals surface area contributed by atoms with Crippen molar-refractivity contribution in [1.29, 1.82) is 0 Å². The van der Waals surface area contributed by atoms with Gasteiger partial charge in [0, 0.05) is 29.2 Å². The average molecular weight is 632 g/mol. The molecule has 1 N–H and O–H groups in total. The summed E-state index contributed by atoms with van der Waals surface area (Å²) in [5.41, 5.74) is -1.39. The highest BCUT2D eigenvalue weighted by Crippen LogP contribution is 2.59. The lowest BCUT2D eigenvalue weighted by molar-refractivity contribution is -0.190. The maximum Gasteiger partial charge on any atom is 0.394 e. The quantitative estimate of drug-likeness (QED) is 0.290. The largest absolute Gasteiger partial charge is 0.494 e. The first-order valence-corrected chi connectivity index (χ1v) is 15.6. The van der Waals surface area contributed by atoms with Crippen LogP contribution in [0.1, 0.15) is 76.6 Å². The zero-order valence-electron chi connectivity index (χ0n) is 24.3. The number of halogens is 3. The van der Waals surface area contributed by atoms with Gasteiger partial charge >= 0.3 is 6.18 Å². The summed E-state index contributed by atoms with van der Waals surface area (Å²) in [6, 6.07) is 12.7. The van der Waals surface area contributed by atoms with Gasteiger partial charge in [-0.05, 0) is 113 Å². The minimum absolute atomic E-state index is 0. The van der Waals surface area contributed by atoms with Crippen LogP contribution in [0.25, 0.3) is 5.82 Å². The summed E-state index contributed by atoms with van der Waals surface area (Å²) >= 11 is 1.23. The molecule has 1 atom stereocenters. The van der Waals surface area contributed by atoms with E-state index in [-0.39, 0.29) is 50.6 Å². The Morgan fingerprint density at radius 1 is 1.11 bits per heavy atom. The summed E-state index contributed by atoms with van der Waals surface area (Å²) in [5.74, 6) is 2.29. The Balaban J connectivity index is 0.00000384.